The van der Waals surface area contributed by atoms with E-state index >= 15 is 0 Å². The fourth-order valence-corrected chi connectivity index (χ4v) is 1.87. The Balaban J connectivity index is 2.19. The number of piperazine rings is 1. The van der Waals surface area contributed by atoms with Crippen LogP contribution in [-0.2, 0) is 4.74 Å². The number of rotatable bonds is 4. The minimum atomic E-state index is 0.283. The molecule has 78 valence electrons. The lowest BCUT2D eigenvalue weighted by molar-refractivity contribution is 0.130. The van der Waals surface area contributed by atoms with Crippen molar-refractivity contribution in [2.75, 3.05) is 39.9 Å². The molecule has 1 aliphatic rings. The summed E-state index contributed by atoms with van der Waals surface area (Å²) in [5.74, 6) is 0. The van der Waals surface area contributed by atoms with Crippen LogP contribution in [0.4, 0.5) is 0 Å². The quantitative estimate of drug-likeness (QED) is 0.654. The van der Waals surface area contributed by atoms with Crippen molar-refractivity contribution < 1.29 is 4.74 Å². The summed E-state index contributed by atoms with van der Waals surface area (Å²) in [6, 6.07) is 0. The van der Waals surface area contributed by atoms with Gasteiger partial charge in [0.1, 0.15) is 0 Å². The van der Waals surface area contributed by atoms with Gasteiger partial charge in [-0.05, 0) is 20.3 Å². The predicted octanol–water partition coefficient (Wildman–Crippen LogP) is 0.707. The molecule has 0 radical (unpaired) electrons. The van der Waals surface area contributed by atoms with Crippen molar-refractivity contribution in [1.29, 1.82) is 0 Å². The number of nitrogens with zero attached hydrogens (tertiary/aromatic N) is 1. The van der Waals surface area contributed by atoms with Crippen LogP contribution in [-0.4, -0.2) is 50.3 Å². The molecule has 0 amide bonds. The van der Waals surface area contributed by atoms with Gasteiger partial charge in [-0.3, -0.25) is 0 Å². The molecule has 1 aliphatic heterocycles. The minimum Gasteiger partial charge on any atom is -0.385 e. The van der Waals surface area contributed by atoms with E-state index in [0.29, 0.717) is 0 Å². The summed E-state index contributed by atoms with van der Waals surface area (Å²) < 4.78 is 5.04. The van der Waals surface area contributed by atoms with Crippen molar-refractivity contribution >= 4 is 0 Å². The molecular weight excluding hydrogens is 164 g/mol. The summed E-state index contributed by atoms with van der Waals surface area (Å²) in [5.41, 5.74) is 0.283. The molecule has 3 nitrogen and oxygen atoms in total. The molecule has 0 aliphatic carbocycles. The highest BCUT2D eigenvalue weighted by Crippen LogP contribution is 2.09. The van der Waals surface area contributed by atoms with E-state index in [1.807, 2.05) is 0 Å². The zero-order valence-electron chi connectivity index (χ0n) is 9.10. The number of ether oxygens (including phenoxy) is 1. The third-order valence-corrected chi connectivity index (χ3v) is 2.47. The highest BCUT2D eigenvalue weighted by atomic mass is 16.5. The van der Waals surface area contributed by atoms with Crippen molar-refractivity contribution in [2.45, 2.75) is 25.8 Å². The van der Waals surface area contributed by atoms with Crippen LogP contribution in [0.15, 0.2) is 0 Å². The van der Waals surface area contributed by atoms with E-state index in [0.717, 1.165) is 26.1 Å². The first kappa shape index (κ1) is 11.0. The third kappa shape index (κ3) is 4.07. The van der Waals surface area contributed by atoms with Gasteiger partial charge in [0, 0.05) is 45.4 Å². The monoisotopic (exact) mass is 186 g/mol. The van der Waals surface area contributed by atoms with Gasteiger partial charge in [0.05, 0.1) is 0 Å². The molecule has 0 aromatic rings. The van der Waals surface area contributed by atoms with Crippen LogP contribution in [0.25, 0.3) is 0 Å². The maximum atomic E-state index is 5.04. The summed E-state index contributed by atoms with van der Waals surface area (Å²) in [7, 11) is 1.77. The van der Waals surface area contributed by atoms with Gasteiger partial charge >= 0.3 is 0 Å². The Kier molecular flexibility index (Phi) is 4.16. The van der Waals surface area contributed by atoms with Crippen molar-refractivity contribution in [3.05, 3.63) is 0 Å². The molecule has 0 atom stereocenters. The molecule has 1 heterocycles. The Morgan fingerprint density at radius 1 is 1.46 bits per heavy atom. The molecule has 1 saturated heterocycles. The second kappa shape index (κ2) is 4.94. The smallest absolute Gasteiger partial charge is 0.0474 e. The zero-order valence-corrected chi connectivity index (χ0v) is 9.10. The van der Waals surface area contributed by atoms with Gasteiger partial charge in [-0.2, -0.15) is 0 Å². The Labute approximate surface area is 81.4 Å². The summed E-state index contributed by atoms with van der Waals surface area (Å²) >= 11 is 0. The second-order valence-electron chi connectivity index (χ2n) is 4.43. The molecular formula is C10H22N2O. The van der Waals surface area contributed by atoms with Crippen molar-refractivity contribution in [2.24, 2.45) is 0 Å². The standard InChI is InChI=1S/C10H22N2O/c1-10(2)9-12(7-5-11-10)6-4-8-13-3/h11H,4-9H2,1-3H3. The largest absolute Gasteiger partial charge is 0.385 e. The highest BCUT2D eigenvalue weighted by Gasteiger charge is 2.24. The number of hydrogen-bond acceptors (Lipinski definition) is 3. The van der Waals surface area contributed by atoms with Crippen LogP contribution in [0.2, 0.25) is 0 Å². The van der Waals surface area contributed by atoms with Crippen molar-refractivity contribution in [3.8, 4) is 0 Å². The third-order valence-electron chi connectivity index (χ3n) is 2.47. The van der Waals surface area contributed by atoms with E-state index in [2.05, 4.69) is 24.1 Å². The number of hydrogen-bond donors (Lipinski definition) is 1. The SMILES string of the molecule is COCCCN1CCNC(C)(C)C1. The van der Waals surface area contributed by atoms with Gasteiger partial charge in [0.15, 0.2) is 0 Å². The lowest BCUT2D eigenvalue weighted by atomic mass is 10.0. The second-order valence-corrected chi connectivity index (χ2v) is 4.43. The van der Waals surface area contributed by atoms with Gasteiger partial charge in [-0.25, -0.2) is 0 Å². The van der Waals surface area contributed by atoms with Crippen LogP contribution in [0, 0.1) is 0 Å². The average molecular weight is 186 g/mol. The molecule has 1 N–H and O–H groups in total. The van der Waals surface area contributed by atoms with Crippen LogP contribution in [0.1, 0.15) is 20.3 Å². The lowest BCUT2D eigenvalue weighted by Crippen LogP contribution is -2.57. The maximum absolute atomic E-state index is 5.04. The molecule has 0 aromatic carbocycles. The van der Waals surface area contributed by atoms with Gasteiger partial charge in [-0.1, -0.05) is 0 Å². The van der Waals surface area contributed by atoms with Crippen LogP contribution >= 0.6 is 0 Å². The Morgan fingerprint density at radius 2 is 2.23 bits per heavy atom. The Hall–Kier alpha value is -0.120. The van der Waals surface area contributed by atoms with E-state index in [1.54, 1.807) is 7.11 Å². The van der Waals surface area contributed by atoms with E-state index < -0.39 is 0 Å². The fourth-order valence-electron chi connectivity index (χ4n) is 1.87. The molecule has 1 fully saturated rings. The van der Waals surface area contributed by atoms with Crippen molar-refractivity contribution in [1.82, 2.24) is 10.2 Å². The van der Waals surface area contributed by atoms with Crippen LogP contribution in [0.5, 0.6) is 0 Å². The highest BCUT2D eigenvalue weighted by molar-refractivity contribution is 4.86. The minimum absolute atomic E-state index is 0.283. The first-order chi connectivity index (χ1) is 6.14. The molecule has 0 bridgehead atoms. The molecule has 13 heavy (non-hydrogen) atoms. The molecule has 0 unspecified atom stereocenters. The summed E-state index contributed by atoms with van der Waals surface area (Å²) in [5, 5.41) is 3.51. The normalized spacial score (nSPS) is 23.3. The van der Waals surface area contributed by atoms with Gasteiger partial charge < -0.3 is 15.0 Å². The first-order valence-corrected chi connectivity index (χ1v) is 5.10. The molecule has 0 saturated carbocycles. The van der Waals surface area contributed by atoms with Gasteiger partial charge in [0.2, 0.25) is 0 Å². The summed E-state index contributed by atoms with van der Waals surface area (Å²) in [6.07, 6.45) is 1.15. The molecule has 0 aromatic heterocycles. The summed E-state index contributed by atoms with van der Waals surface area (Å²) in [6.45, 7) is 10.00. The molecule has 0 spiro atoms. The van der Waals surface area contributed by atoms with E-state index in [4.69, 9.17) is 4.74 Å². The average Bonchev–Trinajstić information content (AvgIpc) is 2.03. The molecule has 3 heteroatoms. The van der Waals surface area contributed by atoms with Gasteiger partial charge in [0.25, 0.3) is 0 Å². The summed E-state index contributed by atoms with van der Waals surface area (Å²) in [4.78, 5) is 2.51. The number of methoxy groups -OCH3 is 1. The van der Waals surface area contributed by atoms with E-state index in [1.165, 1.54) is 13.1 Å². The van der Waals surface area contributed by atoms with Crippen LogP contribution < -0.4 is 5.32 Å². The maximum Gasteiger partial charge on any atom is 0.0474 e. The zero-order chi connectivity index (χ0) is 9.73. The topological polar surface area (TPSA) is 24.5 Å². The predicted molar refractivity (Wildman–Crippen MR) is 55.0 cm³/mol. The Bertz CT molecular complexity index is 148. The fraction of sp³-hybridized carbons (Fsp3) is 1.00. The van der Waals surface area contributed by atoms with Crippen molar-refractivity contribution in [3.63, 3.8) is 0 Å². The van der Waals surface area contributed by atoms with E-state index in [9.17, 15) is 0 Å². The first-order valence-electron chi connectivity index (χ1n) is 5.10. The van der Waals surface area contributed by atoms with Crippen LogP contribution in [0.3, 0.4) is 0 Å². The van der Waals surface area contributed by atoms with E-state index in [-0.39, 0.29) is 5.54 Å². The number of nitrogens with one attached hydrogen (secondary N) is 1. The van der Waals surface area contributed by atoms with Gasteiger partial charge in [-0.15, -0.1) is 0 Å². The lowest BCUT2D eigenvalue weighted by Gasteiger charge is -2.39. The Morgan fingerprint density at radius 3 is 2.85 bits per heavy atom. The molecule has 1 rings (SSSR count).